The second-order valence-electron chi connectivity index (χ2n) is 8.92. The number of piperazine rings is 1. The lowest BCUT2D eigenvalue weighted by Gasteiger charge is -2.29. The number of rotatable bonds is 7. The number of carbonyl (C=O) groups excluding carboxylic acids is 1. The molecule has 0 saturated carbocycles. The van der Waals surface area contributed by atoms with Gasteiger partial charge >= 0.3 is 0 Å². The van der Waals surface area contributed by atoms with Crippen LogP contribution in [0.5, 0.6) is 11.5 Å². The lowest BCUT2D eigenvalue weighted by Crippen LogP contribution is -3.28. The Morgan fingerprint density at radius 3 is 2.33 bits per heavy atom. The van der Waals surface area contributed by atoms with Crippen LogP contribution in [0.2, 0.25) is 0 Å². The molecule has 0 radical (unpaired) electrons. The molecule has 1 aromatic heterocycles. The molecule has 0 atom stereocenters. The molecule has 1 aromatic carbocycles. The Labute approximate surface area is 178 Å². The lowest BCUT2D eigenvalue weighted by molar-refractivity contribution is -1.02. The molecule has 3 rings (SSSR count). The number of hydrogen-bond donors (Lipinski definition) is 3. The van der Waals surface area contributed by atoms with Gasteiger partial charge in [0.1, 0.15) is 32.7 Å². The molecular formula is C22H34N4O4+2. The van der Waals surface area contributed by atoms with Crippen molar-refractivity contribution in [2.45, 2.75) is 32.7 Å². The van der Waals surface area contributed by atoms with E-state index in [0.29, 0.717) is 12.4 Å². The SMILES string of the molecule is COc1ccc(C[NH+]2CC[NH+](CC(=O)Nc3cc(C(C)(C)C)no3)CC2)cc1OC. The molecule has 0 unspecified atom stereocenters. The van der Waals surface area contributed by atoms with Gasteiger partial charge in [0.05, 0.1) is 19.9 Å². The van der Waals surface area contributed by atoms with Gasteiger partial charge in [-0.25, -0.2) is 0 Å². The Bertz CT molecular complexity index is 851. The molecular weight excluding hydrogens is 384 g/mol. The van der Waals surface area contributed by atoms with Crippen LogP contribution in [0.3, 0.4) is 0 Å². The minimum Gasteiger partial charge on any atom is -0.493 e. The number of ether oxygens (including phenoxy) is 2. The maximum absolute atomic E-state index is 12.4. The van der Waals surface area contributed by atoms with E-state index in [9.17, 15) is 4.79 Å². The smallest absolute Gasteiger partial charge is 0.281 e. The summed E-state index contributed by atoms with van der Waals surface area (Å²) in [6.45, 7) is 11.5. The topological polar surface area (TPSA) is 82.5 Å². The minimum absolute atomic E-state index is 0.0371. The van der Waals surface area contributed by atoms with E-state index < -0.39 is 0 Å². The van der Waals surface area contributed by atoms with Crippen LogP contribution >= 0.6 is 0 Å². The van der Waals surface area contributed by atoms with E-state index >= 15 is 0 Å². The van der Waals surface area contributed by atoms with E-state index in [-0.39, 0.29) is 11.3 Å². The lowest BCUT2D eigenvalue weighted by atomic mass is 9.92. The van der Waals surface area contributed by atoms with Crippen LogP contribution in [0, 0.1) is 0 Å². The van der Waals surface area contributed by atoms with Crippen molar-refractivity contribution in [3.8, 4) is 11.5 Å². The molecule has 1 fully saturated rings. The van der Waals surface area contributed by atoms with Gasteiger partial charge in [-0.2, -0.15) is 0 Å². The quantitative estimate of drug-likeness (QED) is 0.586. The highest BCUT2D eigenvalue weighted by Crippen LogP contribution is 2.27. The standard InChI is InChI=1S/C22H32N4O4/c1-22(2,3)19-13-21(30-24-19)23-20(27)15-26-10-8-25(9-11-26)14-16-6-7-17(28-4)18(12-16)29-5/h6-7,12-13H,8-11,14-15H2,1-5H3,(H,23,27)/p+2. The van der Waals surface area contributed by atoms with Gasteiger partial charge in [-0.05, 0) is 18.2 Å². The highest BCUT2D eigenvalue weighted by molar-refractivity contribution is 5.90. The average Bonchev–Trinajstić information content (AvgIpc) is 3.18. The maximum Gasteiger partial charge on any atom is 0.281 e. The molecule has 1 aliphatic rings. The number of hydrogen-bond acceptors (Lipinski definition) is 5. The zero-order chi connectivity index (χ0) is 21.7. The molecule has 0 bridgehead atoms. The molecule has 164 valence electrons. The van der Waals surface area contributed by atoms with Crippen molar-refractivity contribution in [1.82, 2.24) is 5.16 Å². The number of methoxy groups -OCH3 is 2. The summed E-state index contributed by atoms with van der Waals surface area (Å²) in [7, 11) is 3.30. The van der Waals surface area contributed by atoms with Gasteiger partial charge in [-0.15, -0.1) is 0 Å². The van der Waals surface area contributed by atoms with Crippen LogP contribution in [-0.4, -0.2) is 58.0 Å². The molecule has 0 aliphatic carbocycles. The number of benzene rings is 1. The first-order chi connectivity index (χ1) is 14.3. The highest BCUT2D eigenvalue weighted by Gasteiger charge is 2.26. The number of nitrogens with zero attached hydrogens (tertiary/aromatic N) is 1. The van der Waals surface area contributed by atoms with Crippen LogP contribution in [0.4, 0.5) is 5.88 Å². The molecule has 2 aromatic rings. The van der Waals surface area contributed by atoms with Gasteiger partial charge in [0.2, 0.25) is 5.88 Å². The molecule has 1 amide bonds. The normalized spacial score (nSPS) is 19.4. The second kappa shape index (κ2) is 9.49. The molecule has 2 heterocycles. The third-order valence-corrected chi connectivity index (χ3v) is 5.52. The van der Waals surface area contributed by atoms with Gasteiger partial charge in [-0.1, -0.05) is 25.9 Å². The fourth-order valence-corrected chi connectivity index (χ4v) is 3.69. The van der Waals surface area contributed by atoms with Crippen molar-refractivity contribution >= 4 is 11.8 Å². The van der Waals surface area contributed by atoms with E-state index in [0.717, 1.165) is 49.9 Å². The van der Waals surface area contributed by atoms with Gasteiger partial charge in [0.25, 0.3) is 5.91 Å². The predicted molar refractivity (Wildman–Crippen MR) is 113 cm³/mol. The van der Waals surface area contributed by atoms with E-state index in [1.165, 1.54) is 15.4 Å². The monoisotopic (exact) mass is 418 g/mol. The number of carbonyl (C=O) groups is 1. The van der Waals surface area contributed by atoms with Crippen LogP contribution in [0.1, 0.15) is 32.0 Å². The van der Waals surface area contributed by atoms with Gasteiger partial charge in [0.15, 0.2) is 18.0 Å². The number of amides is 1. The predicted octanol–water partition coefficient (Wildman–Crippen LogP) is -0.0886. The summed E-state index contributed by atoms with van der Waals surface area (Å²) >= 11 is 0. The van der Waals surface area contributed by atoms with E-state index in [1.54, 1.807) is 20.3 Å². The van der Waals surface area contributed by atoms with Crippen molar-refractivity contribution in [3.05, 3.63) is 35.5 Å². The van der Waals surface area contributed by atoms with Crippen molar-refractivity contribution in [1.29, 1.82) is 0 Å². The zero-order valence-corrected chi connectivity index (χ0v) is 18.6. The number of aromatic nitrogens is 1. The molecule has 3 N–H and O–H groups in total. The first kappa shape index (κ1) is 22.1. The van der Waals surface area contributed by atoms with Crippen molar-refractivity contribution in [2.75, 3.05) is 52.3 Å². The molecule has 8 nitrogen and oxygen atoms in total. The molecule has 0 spiro atoms. The minimum atomic E-state index is -0.106. The van der Waals surface area contributed by atoms with Gasteiger partial charge < -0.3 is 23.8 Å². The molecule has 1 saturated heterocycles. The summed E-state index contributed by atoms with van der Waals surface area (Å²) in [5, 5.41) is 6.88. The van der Waals surface area contributed by atoms with Gasteiger partial charge in [0, 0.05) is 17.0 Å². The Hall–Kier alpha value is -2.58. The third kappa shape index (κ3) is 5.73. The molecule has 8 heteroatoms. The summed E-state index contributed by atoms with van der Waals surface area (Å²) in [4.78, 5) is 15.2. The summed E-state index contributed by atoms with van der Waals surface area (Å²) in [5.41, 5.74) is 1.95. The van der Waals surface area contributed by atoms with Crippen molar-refractivity contribution in [2.24, 2.45) is 0 Å². The summed E-state index contributed by atoms with van der Waals surface area (Å²) in [5.74, 6) is 1.89. The van der Waals surface area contributed by atoms with Crippen LogP contribution in [0.25, 0.3) is 0 Å². The van der Waals surface area contributed by atoms with Crippen LogP contribution in [-0.2, 0) is 16.8 Å². The van der Waals surface area contributed by atoms with Crippen LogP contribution < -0.4 is 24.6 Å². The first-order valence-electron chi connectivity index (χ1n) is 10.4. The Morgan fingerprint density at radius 1 is 1.07 bits per heavy atom. The van der Waals surface area contributed by atoms with Gasteiger partial charge in [-0.3, -0.25) is 10.1 Å². The zero-order valence-electron chi connectivity index (χ0n) is 18.6. The summed E-state index contributed by atoms with van der Waals surface area (Å²) in [6.07, 6.45) is 0. The summed E-state index contributed by atoms with van der Waals surface area (Å²) < 4.78 is 16.0. The molecule has 30 heavy (non-hydrogen) atoms. The maximum atomic E-state index is 12.4. The largest absolute Gasteiger partial charge is 0.493 e. The van der Waals surface area contributed by atoms with Crippen molar-refractivity contribution in [3.63, 3.8) is 0 Å². The Morgan fingerprint density at radius 2 is 1.73 bits per heavy atom. The second-order valence-corrected chi connectivity index (χ2v) is 8.92. The average molecular weight is 419 g/mol. The van der Waals surface area contributed by atoms with Crippen LogP contribution in [0.15, 0.2) is 28.8 Å². The Kier molecular flexibility index (Phi) is 6.99. The Balaban J connectivity index is 1.45. The first-order valence-corrected chi connectivity index (χ1v) is 10.4. The summed E-state index contributed by atoms with van der Waals surface area (Å²) in [6, 6.07) is 7.89. The third-order valence-electron chi connectivity index (χ3n) is 5.52. The van der Waals surface area contributed by atoms with Crippen molar-refractivity contribution < 1.29 is 28.6 Å². The van der Waals surface area contributed by atoms with E-state index in [4.69, 9.17) is 14.0 Å². The van der Waals surface area contributed by atoms with E-state index in [1.807, 2.05) is 12.1 Å². The highest BCUT2D eigenvalue weighted by atomic mass is 16.5. The fourth-order valence-electron chi connectivity index (χ4n) is 3.69. The molecule has 1 aliphatic heterocycles. The fraction of sp³-hybridized carbons (Fsp3) is 0.545. The van der Waals surface area contributed by atoms with E-state index in [2.05, 4.69) is 37.3 Å². The number of nitrogens with one attached hydrogen (secondary N) is 3. The number of quaternary nitrogens is 2. The number of anilines is 1.